The molecule has 0 amide bonds. The van der Waals surface area contributed by atoms with Gasteiger partial charge in [0.25, 0.3) is 0 Å². The number of carbonyl (C=O) groups is 2. The summed E-state index contributed by atoms with van der Waals surface area (Å²) in [6.45, 7) is 5.84. The van der Waals surface area contributed by atoms with Crippen molar-refractivity contribution >= 4 is 19.5 Å². The molecule has 0 saturated carbocycles. The highest BCUT2D eigenvalue weighted by Gasteiger charge is 2.46. The summed E-state index contributed by atoms with van der Waals surface area (Å²) in [5, 5.41) is 23.7. The topological polar surface area (TPSA) is 144 Å². The number of ether oxygens (including phenoxy) is 2. The van der Waals surface area contributed by atoms with Gasteiger partial charge in [0.05, 0.1) is 12.7 Å². The molecule has 11 nitrogen and oxygen atoms in total. The first-order chi connectivity index (χ1) is 17.0. The lowest BCUT2D eigenvalue weighted by atomic mass is 10.1. The van der Waals surface area contributed by atoms with E-state index < -0.39 is 50.9 Å². The number of aliphatic hydroxyl groups excluding tert-OH is 2. The summed E-state index contributed by atoms with van der Waals surface area (Å²) in [5.41, 5.74) is 0.523. The summed E-state index contributed by atoms with van der Waals surface area (Å²) in [6, 6.07) is 7.20. The molecule has 1 fully saturated rings. The lowest BCUT2D eigenvalue weighted by Gasteiger charge is -2.28. The largest absolute Gasteiger partial charge is 0.462 e. The number of esters is 1. The van der Waals surface area contributed by atoms with Crippen molar-refractivity contribution < 1.29 is 42.9 Å². The Labute approximate surface area is 210 Å². The van der Waals surface area contributed by atoms with E-state index in [1.54, 1.807) is 62.7 Å². The zero-order valence-corrected chi connectivity index (χ0v) is 21.5. The lowest BCUT2D eigenvalue weighted by molar-refractivity contribution is -0.149. The van der Waals surface area contributed by atoms with Crippen LogP contribution in [-0.2, 0) is 28.2 Å². The van der Waals surface area contributed by atoms with E-state index in [1.807, 2.05) is 0 Å². The number of carbonyl (C=O) groups excluding carboxylic acids is 2. The van der Waals surface area contributed by atoms with E-state index in [0.29, 0.717) is 12.0 Å². The molecule has 1 aromatic rings. The Kier molecular flexibility index (Phi) is 9.46. The SMILES string of the molecule is CC(=O)C1=CN([C@@H]2O[C@H](COP(=O)(N[C@@H](C)C(=O)OC(C)C)Oc3ccccc3)[C@@H](O)[C@H]2O)C=CC1. The van der Waals surface area contributed by atoms with Gasteiger partial charge in [0.2, 0.25) is 0 Å². The van der Waals surface area contributed by atoms with E-state index in [0.717, 1.165) is 0 Å². The second-order valence-corrected chi connectivity index (χ2v) is 10.5. The maximum absolute atomic E-state index is 13.6. The van der Waals surface area contributed by atoms with Gasteiger partial charge in [-0.2, -0.15) is 5.09 Å². The summed E-state index contributed by atoms with van der Waals surface area (Å²) < 4.78 is 35.7. The van der Waals surface area contributed by atoms with Crippen molar-refractivity contribution in [1.29, 1.82) is 0 Å². The van der Waals surface area contributed by atoms with E-state index >= 15 is 0 Å². The number of nitrogens with one attached hydrogen (secondary N) is 1. The van der Waals surface area contributed by atoms with Crippen LogP contribution < -0.4 is 9.61 Å². The van der Waals surface area contributed by atoms with Gasteiger partial charge in [-0.3, -0.25) is 14.1 Å². The third-order valence-electron chi connectivity index (χ3n) is 5.44. The standard InChI is InChI=1S/C24H33N2O9P/c1-15(2)33-24(30)16(3)25-36(31,35-19-10-6-5-7-11-19)32-14-20-21(28)22(29)23(34-20)26-12-8-9-18(13-26)17(4)27/h5-8,10-13,15-16,20-23,28-29H,9,14H2,1-4H3,(H,25,31)/t16-,20+,21+,22+,23+,36?/m0/s1. The van der Waals surface area contributed by atoms with Crippen molar-refractivity contribution in [3.05, 3.63) is 54.4 Å². The van der Waals surface area contributed by atoms with Crippen LogP contribution in [-0.4, -0.2) is 70.2 Å². The molecule has 1 saturated heterocycles. The Balaban J connectivity index is 1.72. The van der Waals surface area contributed by atoms with Gasteiger partial charge < -0.3 is 29.1 Å². The molecule has 198 valence electrons. The fourth-order valence-electron chi connectivity index (χ4n) is 3.59. The number of hydrogen-bond acceptors (Lipinski definition) is 10. The highest BCUT2D eigenvalue weighted by atomic mass is 31.2. The van der Waals surface area contributed by atoms with Crippen LogP contribution in [0.2, 0.25) is 0 Å². The highest BCUT2D eigenvalue weighted by molar-refractivity contribution is 7.52. The zero-order chi connectivity index (χ0) is 26.5. The minimum atomic E-state index is -4.18. The molecular formula is C24H33N2O9P. The van der Waals surface area contributed by atoms with Crippen LogP contribution in [0.4, 0.5) is 0 Å². The Morgan fingerprint density at radius 3 is 2.53 bits per heavy atom. The van der Waals surface area contributed by atoms with Gasteiger partial charge in [-0.15, -0.1) is 0 Å². The first-order valence-corrected chi connectivity index (χ1v) is 13.2. The van der Waals surface area contributed by atoms with Crippen molar-refractivity contribution in [2.75, 3.05) is 6.61 Å². The molecule has 6 atom stereocenters. The number of nitrogens with zero attached hydrogens (tertiary/aromatic N) is 1. The van der Waals surface area contributed by atoms with E-state index in [4.69, 9.17) is 18.5 Å². The van der Waals surface area contributed by atoms with Crippen LogP contribution in [0.5, 0.6) is 5.75 Å². The fraction of sp³-hybridized carbons (Fsp3) is 0.500. The molecular weight excluding hydrogens is 491 g/mol. The molecule has 0 bridgehead atoms. The number of ketones is 1. The molecule has 3 rings (SSSR count). The van der Waals surface area contributed by atoms with Crippen LogP contribution in [0.3, 0.4) is 0 Å². The molecule has 2 aliphatic heterocycles. The number of benzene rings is 1. The number of aliphatic hydroxyl groups is 2. The molecule has 2 aliphatic rings. The van der Waals surface area contributed by atoms with Gasteiger partial charge >= 0.3 is 13.7 Å². The Morgan fingerprint density at radius 1 is 1.19 bits per heavy atom. The molecule has 0 aliphatic carbocycles. The average molecular weight is 525 g/mol. The molecule has 1 aromatic carbocycles. The third-order valence-corrected chi connectivity index (χ3v) is 7.08. The minimum Gasteiger partial charge on any atom is -0.462 e. The van der Waals surface area contributed by atoms with Gasteiger partial charge in [-0.05, 0) is 46.2 Å². The number of hydrogen-bond donors (Lipinski definition) is 3. The van der Waals surface area contributed by atoms with E-state index in [-0.39, 0.29) is 17.6 Å². The summed E-state index contributed by atoms with van der Waals surface area (Å²) in [5.74, 6) is -0.542. The zero-order valence-electron chi connectivity index (χ0n) is 20.6. The summed E-state index contributed by atoms with van der Waals surface area (Å²) in [4.78, 5) is 25.5. The quantitative estimate of drug-likeness (QED) is 0.290. The van der Waals surface area contributed by atoms with Gasteiger partial charge in [-0.25, -0.2) is 4.57 Å². The maximum atomic E-state index is 13.6. The van der Waals surface area contributed by atoms with Crippen molar-refractivity contribution in [2.45, 2.75) is 70.8 Å². The normalized spacial score (nSPS) is 26.3. The van der Waals surface area contributed by atoms with Crippen molar-refractivity contribution in [1.82, 2.24) is 9.99 Å². The van der Waals surface area contributed by atoms with E-state index in [2.05, 4.69) is 5.09 Å². The average Bonchev–Trinajstić information content (AvgIpc) is 3.11. The van der Waals surface area contributed by atoms with Crippen molar-refractivity contribution in [3.63, 3.8) is 0 Å². The summed E-state index contributed by atoms with van der Waals surface area (Å²) >= 11 is 0. The van der Waals surface area contributed by atoms with Gasteiger partial charge in [0, 0.05) is 18.0 Å². The first-order valence-electron chi connectivity index (χ1n) is 11.6. The Bertz CT molecular complexity index is 1030. The second-order valence-electron chi connectivity index (χ2n) is 8.83. The Morgan fingerprint density at radius 2 is 1.89 bits per heavy atom. The van der Waals surface area contributed by atoms with E-state index in [1.165, 1.54) is 18.7 Å². The third kappa shape index (κ3) is 7.25. The predicted octanol–water partition coefficient (Wildman–Crippen LogP) is 2.26. The molecule has 12 heteroatoms. The maximum Gasteiger partial charge on any atom is 0.459 e. The minimum absolute atomic E-state index is 0.118. The Hall–Kier alpha value is -2.53. The fourth-order valence-corrected chi connectivity index (χ4v) is 5.09. The summed E-state index contributed by atoms with van der Waals surface area (Å²) in [6.07, 6.45) is 0.214. The van der Waals surface area contributed by atoms with Crippen molar-refractivity contribution in [3.8, 4) is 5.75 Å². The predicted molar refractivity (Wildman–Crippen MR) is 129 cm³/mol. The molecule has 0 aromatic heterocycles. The highest BCUT2D eigenvalue weighted by Crippen LogP contribution is 2.45. The van der Waals surface area contributed by atoms with Crippen LogP contribution >= 0.6 is 7.75 Å². The number of para-hydroxylation sites is 1. The van der Waals surface area contributed by atoms with Gasteiger partial charge in [0.1, 0.15) is 30.1 Å². The summed E-state index contributed by atoms with van der Waals surface area (Å²) in [7, 11) is -4.18. The smallest absolute Gasteiger partial charge is 0.459 e. The van der Waals surface area contributed by atoms with Crippen LogP contribution in [0.25, 0.3) is 0 Å². The van der Waals surface area contributed by atoms with Gasteiger partial charge in [0.15, 0.2) is 12.0 Å². The second kappa shape index (κ2) is 12.1. The monoisotopic (exact) mass is 524 g/mol. The van der Waals surface area contributed by atoms with Crippen LogP contribution in [0.1, 0.15) is 34.1 Å². The lowest BCUT2D eigenvalue weighted by Crippen LogP contribution is -2.40. The van der Waals surface area contributed by atoms with Crippen LogP contribution in [0.15, 0.2) is 54.4 Å². The van der Waals surface area contributed by atoms with Crippen LogP contribution in [0, 0.1) is 0 Å². The molecule has 2 heterocycles. The molecule has 36 heavy (non-hydrogen) atoms. The molecule has 0 spiro atoms. The van der Waals surface area contributed by atoms with Crippen molar-refractivity contribution in [2.24, 2.45) is 0 Å². The number of Topliss-reactive ketones (excluding diaryl/α,β-unsaturated/α-hetero) is 1. The molecule has 0 radical (unpaired) electrons. The van der Waals surface area contributed by atoms with Gasteiger partial charge in [-0.1, -0.05) is 24.3 Å². The van der Waals surface area contributed by atoms with E-state index in [9.17, 15) is 24.4 Å². The molecule has 3 N–H and O–H groups in total. The number of rotatable bonds is 11. The molecule has 1 unspecified atom stereocenters. The first kappa shape index (κ1) is 28.0. The number of allylic oxidation sites excluding steroid dienone is 2.